The number of hydrogen-bond donors (Lipinski definition) is 1. The van der Waals surface area contributed by atoms with Gasteiger partial charge in [-0.1, -0.05) is 42.1 Å². The van der Waals surface area contributed by atoms with Crippen molar-refractivity contribution in [2.75, 3.05) is 11.1 Å². The van der Waals surface area contributed by atoms with Crippen LogP contribution in [0.15, 0.2) is 59.8 Å². The summed E-state index contributed by atoms with van der Waals surface area (Å²) in [5.41, 5.74) is 2.20. The van der Waals surface area contributed by atoms with E-state index in [4.69, 9.17) is 4.74 Å². The van der Waals surface area contributed by atoms with E-state index in [1.807, 2.05) is 38.2 Å². The van der Waals surface area contributed by atoms with E-state index in [-0.39, 0.29) is 24.0 Å². The number of nitrogens with zero attached hydrogens (tertiary/aromatic N) is 4. The lowest BCUT2D eigenvalue weighted by molar-refractivity contribution is -0.384. The highest BCUT2D eigenvalue weighted by Gasteiger charge is 2.14. The van der Waals surface area contributed by atoms with Crippen LogP contribution in [0.2, 0.25) is 0 Å². The Hall–Kier alpha value is -3.92. The number of aromatic nitrogens is 3. The Labute approximate surface area is 200 Å². The quantitative estimate of drug-likeness (QED) is 0.220. The van der Waals surface area contributed by atoms with Crippen LogP contribution in [0.25, 0.3) is 10.8 Å². The first-order valence-corrected chi connectivity index (χ1v) is 11.5. The summed E-state index contributed by atoms with van der Waals surface area (Å²) in [6, 6.07) is 16.4. The number of benzene rings is 3. The molecule has 174 valence electrons. The Morgan fingerprint density at radius 1 is 1.15 bits per heavy atom. The Balaban J connectivity index is 1.35. The van der Waals surface area contributed by atoms with Gasteiger partial charge in [0, 0.05) is 24.9 Å². The molecule has 4 aromatic rings. The minimum atomic E-state index is -0.467. The molecule has 1 amide bonds. The summed E-state index contributed by atoms with van der Waals surface area (Å²) in [4.78, 5) is 22.8. The second kappa shape index (κ2) is 9.92. The van der Waals surface area contributed by atoms with Crippen molar-refractivity contribution in [2.45, 2.75) is 25.6 Å². The monoisotopic (exact) mass is 477 g/mol. The fourth-order valence-corrected chi connectivity index (χ4v) is 4.25. The van der Waals surface area contributed by atoms with Crippen molar-refractivity contribution in [2.24, 2.45) is 7.05 Å². The summed E-state index contributed by atoms with van der Waals surface area (Å²) in [5.74, 6) is 1.30. The Bertz CT molecular complexity index is 1390. The summed E-state index contributed by atoms with van der Waals surface area (Å²) >= 11 is 1.25. The molecule has 0 radical (unpaired) electrons. The maximum absolute atomic E-state index is 12.4. The number of ether oxygens (including phenoxy) is 1. The molecule has 0 spiro atoms. The maximum atomic E-state index is 12.4. The maximum Gasteiger partial charge on any atom is 0.269 e. The Kier molecular flexibility index (Phi) is 6.78. The molecule has 0 saturated heterocycles. The number of carbonyl (C=O) groups excluding carboxylic acids is 1. The second-order valence-electron chi connectivity index (χ2n) is 7.75. The van der Waals surface area contributed by atoms with E-state index < -0.39 is 4.92 Å². The van der Waals surface area contributed by atoms with Crippen LogP contribution in [0.3, 0.4) is 0 Å². The van der Waals surface area contributed by atoms with Crippen LogP contribution in [0.1, 0.15) is 17.0 Å². The van der Waals surface area contributed by atoms with Gasteiger partial charge in [0.2, 0.25) is 5.91 Å². The predicted molar refractivity (Wildman–Crippen MR) is 131 cm³/mol. The van der Waals surface area contributed by atoms with Gasteiger partial charge in [0.1, 0.15) is 12.4 Å². The van der Waals surface area contributed by atoms with Crippen molar-refractivity contribution >= 4 is 39.8 Å². The lowest BCUT2D eigenvalue weighted by Gasteiger charge is -2.11. The van der Waals surface area contributed by atoms with Gasteiger partial charge in [0.25, 0.3) is 5.69 Å². The van der Waals surface area contributed by atoms with Crippen molar-refractivity contribution < 1.29 is 14.5 Å². The predicted octanol–water partition coefficient (Wildman–Crippen LogP) is 4.80. The van der Waals surface area contributed by atoms with Gasteiger partial charge in [-0.3, -0.25) is 14.9 Å². The average Bonchev–Trinajstić information content (AvgIpc) is 3.18. The number of rotatable bonds is 8. The van der Waals surface area contributed by atoms with Gasteiger partial charge in [-0.25, -0.2) is 0 Å². The number of anilines is 1. The van der Waals surface area contributed by atoms with Crippen LogP contribution in [0.5, 0.6) is 5.75 Å². The van der Waals surface area contributed by atoms with Gasteiger partial charge in [0.15, 0.2) is 11.0 Å². The van der Waals surface area contributed by atoms with E-state index in [2.05, 4.69) is 27.6 Å². The second-order valence-corrected chi connectivity index (χ2v) is 8.69. The lowest BCUT2D eigenvalue weighted by Crippen LogP contribution is -2.15. The highest BCUT2D eigenvalue weighted by molar-refractivity contribution is 7.99. The van der Waals surface area contributed by atoms with E-state index in [0.29, 0.717) is 22.2 Å². The van der Waals surface area contributed by atoms with Crippen LogP contribution in [-0.2, 0) is 18.4 Å². The van der Waals surface area contributed by atoms with E-state index in [1.54, 1.807) is 11.5 Å². The lowest BCUT2D eigenvalue weighted by atomic mass is 10.0. The molecule has 9 nitrogen and oxygen atoms in total. The smallest absolute Gasteiger partial charge is 0.269 e. The minimum absolute atomic E-state index is 0.0161. The molecule has 0 aliphatic rings. The molecule has 1 aromatic heterocycles. The summed E-state index contributed by atoms with van der Waals surface area (Å²) in [6.45, 7) is 3.99. The van der Waals surface area contributed by atoms with Gasteiger partial charge < -0.3 is 14.6 Å². The molecule has 0 aliphatic heterocycles. The number of nitrogens with one attached hydrogen (secondary N) is 1. The summed E-state index contributed by atoms with van der Waals surface area (Å²) in [5, 5.41) is 24.9. The number of thioether (sulfide) groups is 1. The third kappa shape index (κ3) is 5.01. The van der Waals surface area contributed by atoms with Gasteiger partial charge in [0.05, 0.1) is 10.7 Å². The van der Waals surface area contributed by atoms with Gasteiger partial charge in [-0.15, -0.1) is 10.2 Å². The molecular formula is C24H23N5O4S. The molecule has 3 aromatic carbocycles. The van der Waals surface area contributed by atoms with Gasteiger partial charge in [-0.2, -0.15) is 0 Å². The first-order valence-electron chi connectivity index (χ1n) is 10.5. The molecule has 4 rings (SSSR count). The third-order valence-corrected chi connectivity index (χ3v) is 6.48. The Morgan fingerprint density at radius 2 is 1.94 bits per heavy atom. The highest BCUT2D eigenvalue weighted by atomic mass is 32.2. The molecule has 0 atom stereocenters. The average molecular weight is 478 g/mol. The van der Waals surface area contributed by atoms with Gasteiger partial charge in [-0.05, 0) is 47.9 Å². The molecule has 10 heteroatoms. The molecule has 34 heavy (non-hydrogen) atoms. The number of aryl methyl sites for hydroxylation is 2. The van der Waals surface area contributed by atoms with Crippen molar-refractivity contribution in [3.8, 4) is 5.75 Å². The fourth-order valence-electron chi connectivity index (χ4n) is 3.52. The molecule has 0 bridgehead atoms. The van der Waals surface area contributed by atoms with Crippen molar-refractivity contribution in [1.29, 1.82) is 0 Å². The van der Waals surface area contributed by atoms with Crippen LogP contribution in [0, 0.1) is 24.0 Å². The first kappa shape index (κ1) is 23.2. The minimum Gasteiger partial charge on any atom is -0.485 e. The van der Waals surface area contributed by atoms with Crippen molar-refractivity contribution in [3.63, 3.8) is 0 Å². The standard InChI is InChI=1S/C24H23N5O4S/c1-15-12-18(29(31)32)9-10-20(15)25-23(30)14-34-24-27-26-22(28(24)3)13-33-21-11-8-17-6-4-5-7-19(17)16(21)2/h4-12H,13-14H2,1-3H3,(H,25,30). The van der Waals surface area contributed by atoms with E-state index in [9.17, 15) is 14.9 Å². The van der Waals surface area contributed by atoms with E-state index >= 15 is 0 Å². The number of fused-ring (bicyclic) bond motifs is 1. The van der Waals surface area contributed by atoms with Crippen LogP contribution < -0.4 is 10.1 Å². The number of nitro benzene ring substituents is 1. The SMILES string of the molecule is Cc1cc([N+](=O)[O-])ccc1NC(=O)CSc1nnc(COc2ccc3ccccc3c2C)n1C. The first-order chi connectivity index (χ1) is 16.3. The molecule has 1 heterocycles. The zero-order chi connectivity index (χ0) is 24.2. The normalized spacial score (nSPS) is 10.9. The number of amides is 1. The zero-order valence-corrected chi connectivity index (χ0v) is 19.8. The van der Waals surface area contributed by atoms with Gasteiger partial charge >= 0.3 is 0 Å². The largest absolute Gasteiger partial charge is 0.485 e. The molecule has 0 unspecified atom stereocenters. The number of nitro groups is 1. The number of carbonyl (C=O) groups is 1. The summed E-state index contributed by atoms with van der Waals surface area (Å²) < 4.78 is 7.81. The summed E-state index contributed by atoms with van der Waals surface area (Å²) in [7, 11) is 1.83. The molecule has 0 fully saturated rings. The molecule has 0 aliphatic carbocycles. The molecule has 0 saturated carbocycles. The van der Waals surface area contributed by atoms with Crippen LogP contribution in [-0.4, -0.2) is 31.3 Å². The number of non-ortho nitro benzene ring substituents is 1. The molecular weight excluding hydrogens is 454 g/mol. The third-order valence-electron chi connectivity index (χ3n) is 5.46. The fraction of sp³-hybridized carbons (Fsp3) is 0.208. The van der Waals surface area contributed by atoms with Crippen molar-refractivity contribution in [3.05, 3.63) is 81.7 Å². The number of hydrogen-bond acceptors (Lipinski definition) is 7. The van der Waals surface area contributed by atoms with Crippen LogP contribution in [0.4, 0.5) is 11.4 Å². The van der Waals surface area contributed by atoms with Crippen LogP contribution >= 0.6 is 11.8 Å². The topological polar surface area (TPSA) is 112 Å². The zero-order valence-electron chi connectivity index (χ0n) is 18.9. The summed E-state index contributed by atoms with van der Waals surface area (Å²) in [6.07, 6.45) is 0. The highest BCUT2D eigenvalue weighted by Crippen LogP contribution is 2.28. The Morgan fingerprint density at radius 3 is 2.71 bits per heavy atom. The van der Waals surface area contributed by atoms with Crippen molar-refractivity contribution in [1.82, 2.24) is 14.8 Å². The molecule has 1 N–H and O–H groups in total. The van der Waals surface area contributed by atoms with E-state index in [0.717, 1.165) is 22.1 Å². The van der Waals surface area contributed by atoms with E-state index in [1.165, 1.54) is 30.0 Å².